The zero-order valence-electron chi connectivity index (χ0n) is 9.26. The highest BCUT2D eigenvalue weighted by atomic mass is 32.2. The van der Waals surface area contributed by atoms with Crippen molar-refractivity contribution in [2.45, 2.75) is 18.5 Å². The summed E-state index contributed by atoms with van der Waals surface area (Å²) in [5, 5.41) is 13.6. The van der Waals surface area contributed by atoms with E-state index in [9.17, 15) is 14.4 Å². The van der Waals surface area contributed by atoms with Gasteiger partial charge in [-0.25, -0.2) is 4.79 Å². The van der Waals surface area contributed by atoms with Crippen LogP contribution in [0.3, 0.4) is 0 Å². The van der Waals surface area contributed by atoms with Gasteiger partial charge in [-0.1, -0.05) is 11.8 Å². The minimum Gasteiger partial charge on any atom is -0.480 e. The third kappa shape index (κ3) is 4.47. The van der Waals surface area contributed by atoms with Gasteiger partial charge in [0, 0.05) is 5.75 Å². The summed E-state index contributed by atoms with van der Waals surface area (Å²) < 4.78 is 0. The van der Waals surface area contributed by atoms with E-state index in [2.05, 4.69) is 10.6 Å². The second-order valence-electron chi connectivity index (χ2n) is 3.48. The SMILES string of the molecule is CSCCC(NC(=O)C1CSC(=O)N1)C(=O)O. The van der Waals surface area contributed by atoms with Crippen molar-refractivity contribution < 1.29 is 19.5 Å². The standard InChI is InChI=1S/C9H14N2O4S2/c1-16-3-2-5(8(13)14)10-7(12)6-4-17-9(15)11-6/h5-6H,2-4H2,1H3,(H,10,12)(H,11,15)(H,13,14). The van der Waals surface area contributed by atoms with Crippen molar-refractivity contribution in [3.05, 3.63) is 0 Å². The highest BCUT2D eigenvalue weighted by Crippen LogP contribution is 2.13. The van der Waals surface area contributed by atoms with Gasteiger partial charge in [-0.15, -0.1) is 0 Å². The van der Waals surface area contributed by atoms with Gasteiger partial charge in [0.25, 0.3) is 5.24 Å². The molecule has 0 aromatic rings. The molecule has 0 saturated carbocycles. The molecule has 0 radical (unpaired) electrons. The molecule has 0 aliphatic carbocycles. The van der Waals surface area contributed by atoms with E-state index >= 15 is 0 Å². The van der Waals surface area contributed by atoms with E-state index in [-0.39, 0.29) is 5.24 Å². The molecular formula is C9H14N2O4S2. The first-order chi connectivity index (χ1) is 8.04. The van der Waals surface area contributed by atoms with Crippen molar-refractivity contribution in [3.8, 4) is 0 Å². The first-order valence-electron chi connectivity index (χ1n) is 5.00. The topological polar surface area (TPSA) is 95.5 Å². The van der Waals surface area contributed by atoms with Crippen LogP contribution in [0.15, 0.2) is 0 Å². The number of aliphatic carboxylic acids is 1. The summed E-state index contributed by atoms with van der Waals surface area (Å²) in [4.78, 5) is 33.5. The van der Waals surface area contributed by atoms with Gasteiger partial charge >= 0.3 is 5.97 Å². The fourth-order valence-corrected chi connectivity index (χ4v) is 2.54. The van der Waals surface area contributed by atoms with Crippen LogP contribution in [-0.4, -0.2) is 52.1 Å². The number of amides is 2. The van der Waals surface area contributed by atoms with Crippen LogP contribution in [0.4, 0.5) is 4.79 Å². The van der Waals surface area contributed by atoms with Gasteiger partial charge < -0.3 is 15.7 Å². The Hall–Kier alpha value is -0.890. The number of carbonyl (C=O) groups excluding carboxylic acids is 2. The molecule has 1 rings (SSSR count). The largest absolute Gasteiger partial charge is 0.480 e. The molecular weight excluding hydrogens is 264 g/mol. The van der Waals surface area contributed by atoms with Crippen molar-refractivity contribution in [2.75, 3.05) is 17.8 Å². The van der Waals surface area contributed by atoms with E-state index in [1.165, 1.54) is 11.8 Å². The van der Waals surface area contributed by atoms with Crippen LogP contribution in [-0.2, 0) is 9.59 Å². The van der Waals surface area contributed by atoms with Crippen LogP contribution >= 0.6 is 23.5 Å². The molecule has 2 amide bonds. The number of thioether (sulfide) groups is 2. The van der Waals surface area contributed by atoms with Gasteiger partial charge in [0.15, 0.2) is 0 Å². The zero-order valence-corrected chi connectivity index (χ0v) is 10.9. The van der Waals surface area contributed by atoms with E-state index in [0.29, 0.717) is 17.9 Å². The molecule has 96 valence electrons. The lowest BCUT2D eigenvalue weighted by molar-refractivity contribution is -0.142. The third-order valence-electron chi connectivity index (χ3n) is 2.21. The molecule has 1 saturated heterocycles. The molecule has 1 aliphatic rings. The molecule has 1 aliphatic heterocycles. The molecule has 3 N–H and O–H groups in total. The van der Waals surface area contributed by atoms with E-state index in [0.717, 1.165) is 11.8 Å². The average Bonchev–Trinajstić information content (AvgIpc) is 2.70. The monoisotopic (exact) mass is 278 g/mol. The maximum absolute atomic E-state index is 11.7. The van der Waals surface area contributed by atoms with Crippen LogP contribution in [0.1, 0.15) is 6.42 Å². The lowest BCUT2D eigenvalue weighted by Gasteiger charge is -2.16. The molecule has 1 fully saturated rings. The third-order valence-corrected chi connectivity index (χ3v) is 3.74. The summed E-state index contributed by atoms with van der Waals surface area (Å²) in [7, 11) is 0. The first-order valence-corrected chi connectivity index (χ1v) is 7.38. The Labute approximate surface area is 107 Å². The van der Waals surface area contributed by atoms with Crippen molar-refractivity contribution in [1.29, 1.82) is 0 Å². The Morgan fingerprint density at radius 3 is 2.88 bits per heavy atom. The van der Waals surface area contributed by atoms with Gasteiger partial charge in [-0.3, -0.25) is 9.59 Å². The van der Waals surface area contributed by atoms with E-state index < -0.39 is 24.0 Å². The molecule has 6 nitrogen and oxygen atoms in total. The summed E-state index contributed by atoms with van der Waals surface area (Å²) in [5.74, 6) is -0.482. The van der Waals surface area contributed by atoms with Crippen molar-refractivity contribution in [3.63, 3.8) is 0 Å². The predicted molar refractivity (Wildman–Crippen MR) is 67.3 cm³/mol. The number of carboxylic acids is 1. The number of hydrogen-bond donors (Lipinski definition) is 3. The Balaban J connectivity index is 2.46. The highest BCUT2D eigenvalue weighted by molar-refractivity contribution is 8.14. The number of carbonyl (C=O) groups is 3. The molecule has 0 aromatic heterocycles. The van der Waals surface area contributed by atoms with Gasteiger partial charge in [-0.05, 0) is 18.4 Å². The normalized spacial score (nSPS) is 20.8. The van der Waals surface area contributed by atoms with Crippen LogP contribution in [0, 0.1) is 0 Å². The Morgan fingerprint density at radius 2 is 2.41 bits per heavy atom. The summed E-state index contributed by atoms with van der Waals surface area (Å²) in [6, 6.07) is -1.51. The minimum atomic E-state index is -1.05. The molecule has 0 bridgehead atoms. The Bertz CT molecular complexity index is 324. The Morgan fingerprint density at radius 1 is 1.71 bits per heavy atom. The fraction of sp³-hybridized carbons (Fsp3) is 0.667. The van der Waals surface area contributed by atoms with Gasteiger partial charge in [0.2, 0.25) is 5.91 Å². The summed E-state index contributed by atoms with van der Waals surface area (Å²) >= 11 is 2.54. The van der Waals surface area contributed by atoms with Crippen LogP contribution in [0.25, 0.3) is 0 Å². The molecule has 2 atom stereocenters. The molecule has 0 spiro atoms. The summed E-state index contributed by atoms with van der Waals surface area (Å²) in [6.45, 7) is 0. The summed E-state index contributed by atoms with van der Waals surface area (Å²) in [5.41, 5.74) is 0. The molecule has 0 aromatic carbocycles. The lowest BCUT2D eigenvalue weighted by Crippen LogP contribution is -2.49. The molecule has 1 heterocycles. The van der Waals surface area contributed by atoms with E-state index in [4.69, 9.17) is 5.11 Å². The predicted octanol–water partition coefficient (Wildman–Crippen LogP) is 0.134. The van der Waals surface area contributed by atoms with Crippen molar-refractivity contribution in [2.24, 2.45) is 0 Å². The average molecular weight is 278 g/mol. The Kier molecular flexibility index (Phi) is 5.63. The van der Waals surface area contributed by atoms with E-state index in [1.54, 1.807) is 0 Å². The maximum Gasteiger partial charge on any atom is 0.326 e. The van der Waals surface area contributed by atoms with Crippen LogP contribution in [0.5, 0.6) is 0 Å². The first kappa shape index (κ1) is 14.2. The van der Waals surface area contributed by atoms with Crippen LogP contribution < -0.4 is 10.6 Å². The smallest absolute Gasteiger partial charge is 0.326 e. The maximum atomic E-state index is 11.7. The molecule has 8 heteroatoms. The number of rotatable bonds is 6. The number of hydrogen-bond acceptors (Lipinski definition) is 5. The molecule has 2 unspecified atom stereocenters. The number of nitrogens with one attached hydrogen (secondary N) is 2. The molecule has 17 heavy (non-hydrogen) atoms. The quantitative estimate of drug-likeness (QED) is 0.639. The minimum absolute atomic E-state index is 0.249. The van der Waals surface area contributed by atoms with Gasteiger partial charge in [-0.2, -0.15) is 11.8 Å². The fourth-order valence-electron chi connectivity index (χ4n) is 1.29. The second-order valence-corrected chi connectivity index (χ2v) is 5.45. The zero-order chi connectivity index (χ0) is 12.8. The van der Waals surface area contributed by atoms with Crippen molar-refractivity contribution in [1.82, 2.24) is 10.6 Å². The van der Waals surface area contributed by atoms with Gasteiger partial charge in [0.05, 0.1) is 0 Å². The van der Waals surface area contributed by atoms with Gasteiger partial charge in [0.1, 0.15) is 12.1 Å². The van der Waals surface area contributed by atoms with Crippen molar-refractivity contribution >= 4 is 40.6 Å². The lowest BCUT2D eigenvalue weighted by atomic mass is 10.2. The number of carboxylic acid groups (broad SMARTS) is 1. The summed E-state index contributed by atoms with van der Waals surface area (Å²) in [6.07, 6.45) is 2.24. The second kappa shape index (κ2) is 6.75. The van der Waals surface area contributed by atoms with E-state index in [1.807, 2.05) is 6.26 Å². The van der Waals surface area contributed by atoms with Crippen LogP contribution in [0.2, 0.25) is 0 Å². The highest BCUT2D eigenvalue weighted by Gasteiger charge is 2.30.